The van der Waals surface area contributed by atoms with Gasteiger partial charge in [0.05, 0.1) is 75.7 Å². The first-order chi connectivity index (χ1) is 25.0. The molecular weight excluding hydrogens is 846 g/mol. The Kier molecular flexibility index (Phi) is 25.3. The molecule has 18 nitrogen and oxygen atoms in total. The Hall–Kier alpha value is -2.14. The maximum Gasteiger partial charge on any atom is 3.00 e. The van der Waals surface area contributed by atoms with Gasteiger partial charge in [0, 0.05) is 59.0 Å². The summed E-state index contributed by atoms with van der Waals surface area (Å²) in [6, 6.07) is 1.78. The van der Waals surface area contributed by atoms with Crippen LogP contribution in [0.15, 0.2) is 24.3 Å². The quantitative estimate of drug-likeness (QED) is 0.0747. The minimum Gasteiger partial charge on any atom is -0.548 e. The normalized spacial score (nSPS) is 18.0. The van der Waals surface area contributed by atoms with Crippen molar-refractivity contribution < 1.29 is 109 Å². The Labute approximate surface area is 341 Å². The van der Waals surface area contributed by atoms with E-state index >= 15 is 0 Å². The SMILES string of the molecule is CCOCCOCCOc1ccc(CCC[C@@H](C(=O)O)N2CCN([C@@H](CO)C(=O)[O-])CCN([C@@H](CO)C(=O)[O-])CCN([C@@H](CO)C(=O)[O-])CC2)cc1.[Gd+3]. The summed E-state index contributed by atoms with van der Waals surface area (Å²) >= 11 is 0. The van der Waals surface area contributed by atoms with E-state index in [2.05, 4.69) is 0 Å². The average molecular weight is 899 g/mol. The topological polar surface area (TPSA) is 259 Å². The van der Waals surface area contributed by atoms with Gasteiger partial charge in [-0.05, 0) is 43.9 Å². The molecule has 0 spiro atoms. The molecule has 0 aromatic heterocycles. The van der Waals surface area contributed by atoms with Crippen LogP contribution in [-0.2, 0) is 35.1 Å². The molecule has 1 aromatic rings. The Balaban J connectivity index is 0.0000140. The number of carbonyl (C=O) groups excluding carboxylic acids is 3. The van der Waals surface area contributed by atoms with Crippen molar-refractivity contribution in [3.8, 4) is 5.75 Å². The van der Waals surface area contributed by atoms with Gasteiger partial charge in [0.2, 0.25) is 0 Å². The maximum atomic E-state index is 12.7. The van der Waals surface area contributed by atoms with E-state index in [1.807, 2.05) is 31.2 Å². The van der Waals surface area contributed by atoms with E-state index in [1.54, 1.807) is 4.90 Å². The molecule has 1 radical (unpaired) electrons. The van der Waals surface area contributed by atoms with Crippen LogP contribution < -0.4 is 20.1 Å². The minimum absolute atomic E-state index is 0. The number of aliphatic carboxylic acids is 4. The summed E-state index contributed by atoms with van der Waals surface area (Å²) in [6.45, 7) is 0.944. The van der Waals surface area contributed by atoms with E-state index in [0.29, 0.717) is 51.6 Å². The fraction of sp³-hybridized carbons (Fsp3) is 0.706. The van der Waals surface area contributed by atoms with Gasteiger partial charge in [0.15, 0.2) is 0 Å². The van der Waals surface area contributed by atoms with Crippen LogP contribution in [0, 0.1) is 39.9 Å². The van der Waals surface area contributed by atoms with Crippen molar-refractivity contribution in [3.05, 3.63) is 29.8 Å². The molecule has 1 aromatic carbocycles. The molecule has 0 aliphatic carbocycles. The van der Waals surface area contributed by atoms with Crippen LogP contribution in [0.3, 0.4) is 0 Å². The van der Waals surface area contributed by atoms with Gasteiger partial charge in [-0.1, -0.05) is 12.1 Å². The first-order valence-electron chi connectivity index (χ1n) is 17.5. The van der Waals surface area contributed by atoms with Gasteiger partial charge >= 0.3 is 45.9 Å². The molecule has 0 bridgehead atoms. The van der Waals surface area contributed by atoms with Gasteiger partial charge in [-0.25, -0.2) is 0 Å². The zero-order chi connectivity index (χ0) is 38.5. The Morgan fingerprint density at radius 2 is 1.02 bits per heavy atom. The zero-order valence-electron chi connectivity index (χ0n) is 30.1. The van der Waals surface area contributed by atoms with Crippen LogP contribution in [0.5, 0.6) is 5.75 Å². The van der Waals surface area contributed by atoms with Crippen LogP contribution >= 0.6 is 0 Å². The monoisotopic (exact) mass is 899 g/mol. The summed E-state index contributed by atoms with van der Waals surface area (Å²) in [5, 5.41) is 75.6. The molecule has 1 heterocycles. The van der Waals surface area contributed by atoms with Crippen molar-refractivity contribution >= 4 is 23.9 Å². The average Bonchev–Trinajstić information content (AvgIpc) is 3.10. The molecule has 0 saturated carbocycles. The van der Waals surface area contributed by atoms with Crippen molar-refractivity contribution in [1.29, 1.82) is 0 Å². The second-order valence-corrected chi connectivity index (χ2v) is 12.2. The van der Waals surface area contributed by atoms with E-state index in [1.165, 1.54) is 14.7 Å². The third-order valence-corrected chi connectivity index (χ3v) is 9.02. The second-order valence-electron chi connectivity index (χ2n) is 12.2. The van der Waals surface area contributed by atoms with Crippen molar-refractivity contribution in [2.45, 2.75) is 50.4 Å². The number of rotatable bonds is 23. The Morgan fingerprint density at radius 1 is 0.642 bits per heavy atom. The molecule has 1 saturated heterocycles. The smallest absolute Gasteiger partial charge is 0.548 e. The number of aliphatic hydroxyl groups is 3. The minimum atomic E-state index is -1.61. The third-order valence-electron chi connectivity index (χ3n) is 9.02. The second kappa shape index (κ2) is 27.4. The van der Waals surface area contributed by atoms with Crippen LogP contribution in [0.1, 0.15) is 25.3 Å². The fourth-order valence-electron chi connectivity index (χ4n) is 6.04. The van der Waals surface area contributed by atoms with Crippen molar-refractivity contribution in [2.75, 3.05) is 105 Å². The fourth-order valence-corrected chi connectivity index (χ4v) is 6.04. The summed E-state index contributed by atoms with van der Waals surface area (Å²) < 4.78 is 16.3. The number of ether oxygens (including phenoxy) is 3. The number of carboxylic acids is 4. The van der Waals surface area contributed by atoms with Gasteiger partial charge in [0.25, 0.3) is 0 Å². The number of aryl methyl sites for hydroxylation is 1. The van der Waals surface area contributed by atoms with Crippen molar-refractivity contribution in [2.24, 2.45) is 0 Å². The predicted molar refractivity (Wildman–Crippen MR) is 178 cm³/mol. The van der Waals surface area contributed by atoms with Crippen LogP contribution in [0.2, 0.25) is 0 Å². The van der Waals surface area contributed by atoms with E-state index in [0.717, 1.165) is 5.56 Å². The summed E-state index contributed by atoms with van der Waals surface area (Å²) in [5.41, 5.74) is 0.942. The van der Waals surface area contributed by atoms with E-state index in [9.17, 15) is 54.9 Å². The van der Waals surface area contributed by atoms with Gasteiger partial charge in [-0.2, -0.15) is 0 Å². The van der Waals surface area contributed by atoms with Crippen LogP contribution in [0.25, 0.3) is 0 Å². The third kappa shape index (κ3) is 17.5. The molecular formula is C34H53GdN4O14. The standard InChI is InChI=1S/C34H56N4O14.Gd/c1-2-50-18-19-51-20-21-52-26-8-6-25(7-9-26)4-3-5-27(31(42)43)35-10-12-36(28(22-39)32(44)45)14-16-38(30(24-41)34(48)49)17-15-37(13-11-35)29(23-40)33(46)47;/h6-9,27-30,39-41H,2-5,10-24H2,1H3,(H,42,43)(H,44,45)(H,46,47)(H,48,49);/q;+3/p-3/t27-,28-,29-,30-;/m0./s1. The molecule has 53 heavy (non-hydrogen) atoms. The summed E-state index contributed by atoms with van der Waals surface area (Å²) in [4.78, 5) is 53.9. The molecule has 2 rings (SSSR count). The van der Waals surface area contributed by atoms with E-state index in [4.69, 9.17) is 14.2 Å². The van der Waals surface area contributed by atoms with Crippen molar-refractivity contribution in [3.63, 3.8) is 0 Å². The number of carboxylic acid groups (broad SMARTS) is 4. The van der Waals surface area contributed by atoms with Gasteiger partial charge in [-0.15, -0.1) is 0 Å². The Morgan fingerprint density at radius 3 is 1.38 bits per heavy atom. The number of benzene rings is 1. The number of nitrogens with zero attached hydrogens (tertiary/aromatic N) is 4. The molecule has 0 amide bonds. The Bertz CT molecular complexity index is 1180. The van der Waals surface area contributed by atoms with E-state index in [-0.39, 0.29) is 98.7 Å². The van der Waals surface area contributed by atoms with Gasteiger partial charge in [-0.3, -0.25) is 24.4 Å². The van der Waals surface area contributed by atoms with Crippen molar-refractivity contribution in [1.82, 2.24) is 19.6 Å². The van der Waals surface area contributed by atoms with Crippen LogP contribution in [0.4, 0.5) is 0 Å². The first kappa shape index (κ1) is 48.9. The first-order valence-corrected chi connectivity index (χ1v) is 17.5. The maximum absolute atomic E-state index is 12.7. The molecule has 4 atom stereocenters. The summed E-state index contributed by atoms with van der Waals surface area (Å²) in [5.74, 6) is -5.29. The van der Waals surface area contributed by atoms with Gasteiger partial charge in [0.1, 0.15) is 18.4 Å². The predicted octanol–water partition coefficient (Wildman–Crippen LogP) is -5.55. The molecule has 1 fully saturated rings. The number of hydrogen-bond donors (Lipinski definition) is 4. The molecule has 301 valence electrons. The number of carbonyl (C=O) groups is 4. The molecule has 19 heteroatoms. The largest absolute Gasteiger partial charge is 3.00 e. The van der Waals surface area contributed by atoms with Gasteiger partial charge < -0.3 is 64.3 Å². The van der Waals surface area contributed by atoms with E-state index < -0.39 is 67.9 Å². The summed E-state index contributed by atoms with van der Waals surface area (Å²) in [7, 11) is 0. The summed E-state index contributed by atoms with van der Waals surface area (Å²) in [6.07, 6.45) is 1.16. The number of hydrogen-bond acceptors (Lipinski definition) is 17. The van der Waals surface area contributed by atoms with Crippen LogP contribution in [-0.4, -0.2) is 193 Å². The zero-order valence-corrected chi connectivity index (χ0v) is 32.3. The molecule has 1 aliphatic rings. The molecule has 0 unspecified atom stereocenters. The number of aliphatic hydroxyl groups excluding tert-OH is 3. The molecule has 1 aliphatic heterocycles. The molecule has 4 N–H and O–H groups in total.